The van der Waals surface area contributed by atoms with Gasteiger partial charge in [0.2, 0.25) is 17.3 Å². The van der Waals surface area contributed by atoms with Gasteiger partial charge in [-0.2, -0.15) is 5.12 Å². The van der Waals surface area contributed by atoms with Gasteiger partial charge in [-0.15, -0.1) is 0 Å². The van der Waals surface area contributed by atoms with Crippen LogP contribution in [0.15, 0.2) is 54.6 Å². The molecule has 0 bridgehead atoms. The van der Waals surface area contributed by atoms with Gasteiger partial charge in [0.25, 0.3) is 0 Å². The Labute approximate surface area is 648 Å². The van der Waals surface area contributed by atoms with E-state index in [1.807, 2.05) is 0 Å². The van der Waals surface area contributed by atoms with Gasteiger partial charge in [-0.1, -0.05) is 36.4 Å². The molecule has 3 aliphatic heterocycles. The number of Topliss-reactive ketones (excluding diaryl/α,β-unsaturated/α-hetero) is 3. The van der Waals surface area contributed by atoms with Gasteiger partial charge in [0.15, 0.2) is 53.6 Å². The van der Waals surface area contributed by atoms with Crippen LogP contribution in [0, 0.1) is 0 Å². The van der Waals surface area contributed by atoms with Crippen LogP contribution in [0.4, 0.5) is 0 Å². The highest BCUT2D eigenvalue weighted by atomic mass is 16.7. The SMILES string of the molecule is COc1cccc2c1C(=O)c1c(O)c3c(c(O)c1C2=O)C[C@@](O)(C(C)=O)C[C@@H]3OC1CC(NN(NC2CC(O[C@H]3C[C@](O)(C(C)=O)Cc4c(O)c5c(c(O)c43)C(=O)c3c(OC)cccc3C5=O)OC(C)C2O)C2CC(O[C@H]3C[C@](O)(C(C)=O)Cc4c(O)c5c(c(O)c43)C(=O)c3c(OC)cccc3C5=O)OC(C)C2O)C(O)C(C)O1. The molecular formula is C81H83N3O30. The number of hydrazine groups is 2. The number of benzene rings is 6. The van der Waals surface area contributed by atoms with Crippen LogP contribution < -0.4 is 25.1 Å². The first-order valence-electron chi connectivity index (χ1n) is 37.0. The number of aromatic hydroxyl groups is 6. The Hall–Kier alpha value is -10.1. The number of phenolic OH excluding ortho intramolecular Hbond substituents is 6. The predicted octanol–water partition coefficient (Wildman–Crippen LogP) is 3.55. The normalized spacial score (nSPS) is 30.7. The number of hydrogen-bond donors (Lipinski definition) is 14. The van der Waals surface area contributed by atoms with E-state index in [2.05, 4.69) is 10.9 Å². The summed E-state index contributed by atoms with van der Waals surface area (Å²) in [5, 5.41) is 149. The van der Waals surface area contributed by atoms with E-state index < -0.39 is 286 Å². The summed E-state index contributed by atoms with van der Waals surface area (Å²) < 4.78 is 55.3. The van der Waals surface area contributed by atoms with Gasteiger partial charge in [0.1, 0.15) is 68.5 Å². The molecule has 0 radical (unpaired) electrons. The summed E-state index contributed by atoms with van der Waals surface area (Å²) in [5.74, 6) is -13.2. The van der Waals surface area contributed by atoms with Crippen LogP contribution >= 0.6 is 0 Å². The van der Waals surface area contributed by atoms with Crippen molar-refractivity contribution in [3.8, 4) is 51.7 Å². The molecule has 14 N–H and O–H groups in total. The van der Waals surface area contributed by atoms with E-state index in [9.17, 15) is 104 Å². The van der Waals surface area contributed by atoms with Crippen molar-refractivity contribution in [1.82, 2.24) is 16.0 Å². The number of hydrogen-bond acceptors (Lipinski definition) is 33. The summed E-state index contributed by atoms with van der Waals surface area (Å²) in [5.41, 5.74) is -7.66. The first-order chi connectivity index (χ1) is 53.9. The third-order valence-corrected chi connectivity index (χ3v) is 24.2. The smallest absolute Gasteiger partial charge is 0.202 e. The lowest BCUT2D eigenvalue weighted by Crippen LogP contribution is -2.71. The number of methoxy groups -OCH3 is 3. The molecule has 12 unspecified atom stereocenters. The van der Waals surface area contributed by atoms with Crippen LogP contribution in [0.1, 0.15) is 227 Å². The quantitative estimate of drug-likeness (QED) is 0.0458. The number of ether oxygens (including phenoxy) is 9. The van der Waals surface area contributed by atoms with Crippen molar-refractivity contribution in [2.75, 3.05) is 21.3 Å². The second kappa shape index (κ2) is 28.7. The number of nitrogens with one attached hydrogen (secondary N) is 2. The number of phenols is 6. The number of aliphatic hydroxyl groups is 6. The van der Waals surface area contributed by atoms with Crippen molar-refractivity contribution in [2.24, 2.45) is 0 Å². The van der Waals surface area contributed by atoms with Crippen molar-refractivity contribution in [3.63, 3.8) is 0 Å². The Morgan fingerprint density at radius 3 is 0.956 bits per heavy atom. The topological polar surface area (TPSA) is 507 Å². The molecule has 33 nitrogen and oxygen atoms in total. The average Bonchev–Trinajstić information content (AvgIpc) is 0.719. The van der Waals surface area contributed by atoms with E-state index in [0.29, 0.717) is 0 Å². The van der Waals surface area contributed by atoms with Crippen LogP contribution in [0.5, 0.6) is 51.7 Å². The van der Waals surface area contributed by atoms with Gasteiger partial charge in [0.05, 0.1) is 144 Å². The maximum absolute atomic E-state index is 14.6. The number of carbonyl (C=O) groups is 9. The summed E-state index contributed by atoms with van der Waals surface area (Å²) in [4.78, 5) is 128. The third kappa shape index (κ3) is 12.4. The second-order valence-electron chi connectivity index (χ2n) is 30.8. The van der Waals surface area contributed by atoms with Crippen molar-refractivity contribution < 1.29 is 147 Å². The Kier molecular flexibility index (Phi) is 20.0. The lowest BCUT2D eigenvalue weighted by molar-refractivity contribution is -0.280. The lowest BCUT2D eigenvalue weighted by Gasteiger charge is -2.50. The molecule has 602 valence electrons. The van der Waals surface area contributed by atoms with Crippen molar-refractivity contribution in [1.29, 1.82) is 0 Å². The van der Waals surface area contributed by atoms with E-state index >= 15 is 0 Å². The Morgan fingerprint density at radius 1 is 0.404 bits per heavy atom. The molecule has 0 spiro atoms. The van der Waals surface area contributed by atoms with Gasteiger partial charge in [-0.05, 0) is 59.7 Å². The van der Waals surface area contributed by atoms with Crippen molar-refractivity contribution in [2.45, 2.75) is 208 Å². The molecular weight excluding hydrogens is 1490 g/mol. The zero-order valence-electron chi connectivity index (χ0n) is 62.9. The largest absolute Gasteiger partial charge is 0.507 e. The van der Waals surface area contributed by atoms with Crippen LogP contribution in [-0.4, -0.2) is 230 Å². The Balaban J connectivity index is 0.797. The summed E-state index contributed by atoms with van der Waals surface area (Å²) in [7, 11) is 3.77. The second-order valence-corrected chi connectivity index (χ2v) is 30.8. The molecule has 9 aliphatic rings. The first kappa shape index (κ1) is 79.2. The Bertz CT molecular complexity index is 4980. The molecule has 15 rings (SSSR count). The van der Waals surface area contributed by atoms with Crippen LogP contribution in [0.3, 0.4) is 0 Å². The maximum Gasteiger partial charge on any atom is 0.202 e. The van der Waals surface area contributed by atoms with Gasteiger partial charge in [-0.25, -0.2) is 10.9 Å². The molecule has 3 saturated heterocycles. The summed E-state index contributed by atoms with van der Waals surface area (Å²) >= 11 is 0. The fourth-order valence-electron chi connectivity index (χ4n) is 17.9. The monoisotopic (exact) mass is 1580 g/mol. The van der Waals surface area contributed by atoms with E-state index in [1.54, 1.807) is 0 Å². The summed E-state index contributed by atoms with van der Waals surface area (Å²) in [6.45, 7) is 7.48. The molecule has 6 aromatic rings. The van der Waals surface area contributed by atoms with Gasteiger partial charge in [-0.3, -0.25) is 43.2 Å². The molecule has 0 aromatic heterocycles. The van der Waals surface area contributed by atoms with E-state index in [4.69, 9.17) is 42.6 Å². The fraction of sp³-hybridized carbons (Fsp3) is 0.444. The lowest BCUT2D eigenvalue weighted by atomic mass is 9.72. The highest BCUT2D eigenvalue weighted by molar-refractivity contribution is 6.33. The number of aliphatic hydroxyl groups excluding tert-OH is 3. The highest BCUT2D eigenvalue weighted by Crippen LogP contribution is 2.57. The fourth-order valence-corrected chi connectivity index (χ4v) is 17.9. The minimum Gasteiger partial charge on any atom is -0.507 e. The van der Waals surface area contributed by atoms with E-state index in [-0.39, 0.29) is 84.0 Å². The average molecular weight is 1580 g/mol. The molecule has 18 atom stereocenters. The molecule has 6 aromatic carbocycles. The van der Waals surface area contributed by atoms with Crippen molar-refractivity contribution in [3.05, 3.63) is 155 Å². The minimum absolute atomic E-state index is 0.0359. The van der Waals surface area contributed by atoms with Crippen LogP contribution in [-0.2, 0) is 62.1 Å². The number of fused-ring (bicyclic) bond motifs is 9. The molecule has 6 aliphatic carbocycles. The summed E-state index contributed by atoms with van der Waals surface area (Å²) in [6.07, 6.45) is -24.1. The molecule has 114 heavy (non-hydrogen) atoms. The van der Waals surface area contributed by atoms with Gasteiger partial charge in [0, 0.05) is 108 Å². The van der Waals surface area contributed by atoms with Crippen LogP contribution in [0.25, 0.3) is 0 Å². The predicted molar refractivity (Wildman–Crippen MR) is 387 cm³/mol. The Morgan fingerprint density at radius 2 is 0.675 bits per heavy atom. The van der Waals surface area contributed by atoms with Crippen molar-refractivity contribution >= 4 is 52.0 Å². The summed E-state index contributed by atoms with van der Waals surface area (Å²) in [6, 6.07) is 8.30. The molecule has 0 saturated carbocycles. The van der Waals surface area contributed by atoms with E-state index in [0.717, 1.165) is 20.8 Å². The van der Waals surface area contributed by atoms with E-state index in [1.165, 1.54) is 102 Å². The number of rotatable bonds is 17. The number of ketones is 9. The zero-order valence-corrected chi connectivity index (χ0v) is 62.9. The molecule has 0 amide bonds. The van der Waals surface area contributed by atoms with Crippen LogP contribution in [0.2, 0.25) is 0 Å². The maximum atomic E-state index is 14.6. The number of carbonyl (C=O) groups excluding carboxylic acids is 9. The minimum atomic E-state index is -2.39. The molecule has 33 heteroatoms. The third-order valence-electron chi connectivity index (χ3n) is 24.2. The standard InChI is InChI=1S/C81H83N3O30/c1-28-64(88)40(19-49(109-28)112-46-25-79(103,31(4)85)22-37-55(46)76(100)61-58(70(37)94)67(91)34-13-10-16-43(106-7)52(34)73(61)97)82-84(42-21-51(111-30(3)66(42)90)114-48-27-81(105,33(6)87)24-39-57(48)78(102)63-60(72(39)96)69(93)36-15-12-18-45(108-9)54(36)75(63)99)83-41-20-50(110-29(2)65(41)89)113-47-26-80(104,32(5)86)23-38-56(47)77(101)62-59(71(38)95)68(92)35-14-11-17-44(107-8)53(35)74(62)98/h10-18,28-30,40-42,46-51,64-66,82-83,88-90,94-96,100-105H,19-27H2,1-9H3/t28?,29?,30?,40?,41?,42?,46-,47-,48-,49?,50?,51?,64?,65?,66?,79-,80-,81-/m0/s1. The highest BCUT2D eigenvalue weighted by Gasteiger charge is 2.56. The van der Waals surface area contributed by atoms with Gasteiger partial charge >= 0.3 is 0 Å². The number of nitrogens with zero attached hydrogens (tertiary/aromatic N) is 1. The molecule has 3 fully saturated rings. The first-order valence-corrected chi connectivity index (χ1v) is 37.0. The van der Waals surface area contributed by atoms with Gasteiger partial charge < -0.3 is 104 Å². The molecule has 3 heterocycles. The zero-order chi connectivity index (χ0) is 82.0.